The smallest absolute Gasteiger partial charge is 0.305 e. The van der Waals surface area contributed by atoms with Gasteiger partial charge in [-0.05, 0) is 24.9 Å². The maximum absolute atomic E-state index is 11.1. The Morgan fingerprint density at radius 1 is 1.21 bits per heavy atom. The molecule has 0 spiro atoms. The van der Waals surface area contributed by atoms with E-state index in [1.165, 1.54) is 12.8 Å². The third-order valence-electron chi connectivity index (χ3n) is 1.99. The number of rotatable bonds is 9. The molecule has 0 N–H and O–H groups in total. The second-order valence-corrected chi connectivity index (χ2v) is 4.36. The van der Waals surface area contributed by atoms with Gasteiger partial charge in [0.05, 0.1) is 6.61 Å². The number of carbonyl (C=O) groups excluding carboxylic acids is 1. The summed E-state index contributed by atoms with van der Waals surface area (Å²) in [6, 6.07) is 0. The molecule has 0 amide bonds. The summed E-state index contributed by atoms with van der Waals surface area (Å²) in [5.74, 6) is 1.05. The molecule has 0 heterocycles. The minimum atomic E-state index is -0.0257. The van der Waals surface area contributed by atoms with Crippen molar-refractivity contribution in [1.29, 1.82) is 0 Å². The van der Waals surface area contributed by atoms with E-state index in [4.69, 9.17) is 4.74 Å². The van der Waals surface area contributed by atoms with Gasteiger partial charge in [0, 0.05) is 6.42 Å². The van der Waals surface area contributed by atoms with E-state index >= 15 is 0 Å². The molecule has 14 heavy (non-hydrogen) atoms. The lowest BCUT2D eigenvalue weighted by atomic mass is 10.2. The highest BCUT2D eigenvalue weighted by Gasteiger charge is 2.01. The van der Waals surface area contributed by atoms with Gasteiger partial charge in [0.1, 0.15) is 0 Å². The summed E-state index contributed by atoms with van der Waals surface area (Å²) in [6.07, 6.45) is 8.20. The van der Waals surface area contributed by atoms with E-state index in [9.17, 15) is 4.79 Å². The van der Waals surface area contributed by atoms with Gasteiger partial charge < -0.3 is 4.74 Å². The summed E-state index contributed by atoms with van der Waals surface area (Å²) in [4.78, 5) is 11.1. The van der Waals surface area contributed by atoms with Crippen molar-refractivity contribution in [1.82, 2.24) is 0 Å². The highest BCUT2D eigenvalue weighted by atomic mass is 32.2. The van der Waals surface area contributed by atoms with Crippen molar-refractivity contribution >= 4 is 17.7 Å². The lowest BCUT2D eigenvalue weighted by Gasteiger charge is -2.03. The maximum Gasteiger partial charge on any atom is 0.305 e. The second-order valence-electron chi connectivity index (χ2n) is 3.38. The Hall–Kier alpha value is -0.180. The van der Waals surface area contributed by atoms with E-state index < -0.39 is 0 Å². The zero-order chi connectivity index (χ0) is 10.6. The first kappa shape index (κ1) is 13.8. The summed E-state index contributed by atoms with van der Waals surface area (Å²) in [7, 11) is 0. The van der Waals surface area contributed by atoms with Crippen LogP contribution >= 0.6 is 11.8 Å². The molecule has 0 radical (unpaired) electrons. The lowest BCUT2D eigenvalue weighted by molar-refractivity contribution is -0.143. The predicted molar refractivity (Wildman–Crippen MR) is 62.7 cm³/mol. The van der Waals surface area contributed by atoms with Crippen LogP contribution in [0.4, 0.5) is 0 Å². The molecule has 0 bridgehead atoms. The van der Waals surface area contributed by atoms with E-state index in [1.54, 1.807) is 11.8 Å². The zero-order valence-corrected chi connectivity index (χ0v) is 10.2. The van der Waals surface area contributed by atoms with Crippen molar-refractivity contribution in [3.8, 4) is 0 Å². The largest absolute Gasteiger partial charge is 0.466 e. The lowest BCUT2D eigenvalue weighted by Crippen LogP contribution is -2.06. The zero-order valence-electron chi connectivity index (χ0n) is 9.38. The summed E-state index contributed by atoms with van der Waals surface area (Å²) >= 11 is 1.79. The summed E-state index contributed by atoms with van der Waals surface area (Å²) in [6.45, 7) is 2.76. The van der Waals surface area contributed by atoms with E-state index in [-0.39, 0.29) is 5.97 Å². The Bertz CT molecular complexity index is 123. The molecule has 0 saturated heterocycles. The number of esters is 1. The molecule has 0 aromatic carbocycles. The maximum atomic E-state index is 11.1. The molecule has 0 aliphatic heterocycles. The monoisotopic (exact) mass is 218 g/mol. The van der Waals surface area contributed by atoms with Crippen molar-refractivity contribution in [2.24, 2.45) is 0 Å². The molecular formula is C11H22O2S. The van der Waals surface area contributed by atoms with Crippen LogP contribution in [0.2, 0.25) is 0 Å². The Morgan fingerprint density at radius 3 is 2.64 bits per heavy atom. The van der Waals surface area contributed by atoms with Gasteiger partial charge in [-0.2, -0.15) is 11.8 Å². The molecule has 0 unspecified atom stereocenters. The number of unbranched alkanes of at least 4 members (excludes halogenated alkanes) is 3. The van der Waals surface area contributed by atoms with Gasteiger partial charge in [0.25, 0.3) is 0 Å². The molecule has 2 nitrogen and oxygen atoms in total. The van der Waals surface area contributed by atoms with Crippen LogP contribution in [0.1, 0.15) is 45.4 Å². The van der Waals surface area contributed by atoms with Gasteiger partial charge in [0.2, 0.25) is 0 Å². The molecule has 0 atom stereocenters. The van der Waals surface area contributed by atoms with Gasteiger partial charge in [-0.1, -0.05) is 26.2 Å². The number of carbonyl (C=O) groups is 1. The van der Waals surface area contributed by atoms with Crippen molar-refractivity contribution in [2.45, 2.75) is 45.4 Å². The molecule has 0 aliphatic carbocycles. The normalized spacial score (nSPS) is 10.1. The van der Waals surface area contributed by atoms with E-state index in [0.29, 0.717) is 13.0 Å². The van der Waals surface area contributed by atoms with Gasteiger partial charge >= 0.3 is 5.97 Å². The third-order valence-corrected chi connectivity index (χ3v) is 2.69. The molecule has 0 fully saturated rings. The minimum Gasteiger partial charge on any atom is -0.466 e. The summed E-state index contributed by atoms with van der Waals surface area (Å²) in [5.41, 5.74) is 0. The van der Waals surface area contributed by atoms with Gasteiger partial charge in [-0.3, -0.25) is 4.79 Å². The van der Waals surface area contributed by atoms with Crippen LogP contribution in [-0.2, 0) is 9.53 Å². The Kier molecular flexibility index (Phi) is 10.8. The average molecular weight is 218 g/mol. The van der Waals surface area contributed by atoms with Crippen LogP contribution < -0.4 is 0 Å². The summed E-state index contributed by atoms with van der Waals surface area (Å²) < 4.78 is 5.07. The van der Waals surface area contributed by atoms with Crippen molar-refractivity contribution in [2.75, 3.05) is 18.6 Å². The minimum absolute atomic E-state index is 0.0257. The predicted octanol–water partition coefficient (Wildman–Crippen LogP) is 3.25. The quantitative estimate of drug-likeness (QED) is 0.439. The fourth-order valence-electron chi connectivity index (χ4n) is 1.16. The van der Waals surface area contributed by atoms with Crippen LogP contribution in [0.25, 0.3) is 0 Å². The molecule has 0 aromatic rings. The number of ether oxygens (including phenoxy) is 1. The Morgan fingerprint density at radius 2 is 2.00 bits per heavy atom. The van der Waals surface area contributed by atoms with Crippen molar-refractivity contribution in [3.63, 3.8) is 0 Å². The first-order valence-electron chi connectivity index (χ1n) is 5.45. The van der Waals surface area contributed by atoms with Crippen LogP contribution in [0.15, 0.2) is 0 Å². The first-order chi connectivity index (χ1) is 6.81. The van der Waals surface area contributed by atoms with Crippen LogP contribution in [-0.4, -0.2) is 24.6 Å². The van der Waals surface area contributed by atoms with E-state index in [2.05, 4.69) is 13.2 Å². The first-order valence-corrected chi connectivity index (χ1v) is 6.85. The number of thioether (sulfide) groups is 1. The van der Waals surface area contributed by atoms with Gasteiger partial charge in [0.15, 0.2) is 0 Å². The molecular weight excluding hydrogens is 196 g/mol. The van der Waals surface area contributed by atoms with Gasteiger partial charge in [-0.25, -0.2) is 0 Å². The van der Waals surface area contributed by atoms with Crippen LogP contribution in [0.5, 0.6) is 0 Å². The van der Waals surface area contributed by atoms with E-state index in [0.717, 1.165) is 25.0 Å². The summed E-state index contributed by atoms with van der Waals surface area (Å²) in [5, 5.41) is 0. The molecule has 0 aliphatic rings. The topological polar surface area (TPSA) is 26.3 Å². The molecule has 0 saturated carbocycles. The molecule has 3 heteroatoms. The highest BCUT2D eigenvalue weighted by Crippen LogP contribution is 2.04. The molecule has 84 valence electrons. The van der Waals surface area contributed by atoms with E-state index in [1.807, 2.05) is 0 Å². The molecule has 0 rings (SSSR count). The van der Waals surface area contributed by atoms with Crippen molar-refractivity contribution < 1.29 is 9.53 Å². The Labute approximate surface area is 91.8 Å². The van der Waals surface area contributed by atoms with Crippen molar-refractivity contribution in [3.05, 3.63) is 0 Å². The second kappa shape index (κ2) is 10.9. The average Bonchev–Trinajstić information content (AvgIpc) is 2.19. The van der Waals surface area contributed by atoms with Gasteiger partial charge in [-0.15, -0.1) is 0 Å². The fraction of sp³-hybridized carbons (Fsp3) is 0.909. The molecule has 0 aromatic heterocycles. The fourth-order valence-corrected chi connectivity index (χ4v) is 1.56. The third kappa shape index (κ3) is 9.90. The Balaban J connectivity index is 3.11. The standard InChI is InChI=1S/C11H22O2S/c1-3-4-5-6-8-11(12)13-9-7-10-14-2/h3-10H2,1-2H3. The van der Waals surface area contributed by atoms with Crippen LogP contribution in [0.3, 0.4) is 0 Å². The SMILES string of the molecule is CCCCCCC(=O)OCCCSC. The number of hydrogen-bond donors (Lipinski definition) is 0. The highest BCUT2D eigenvalue weighted by molar-refractivity contribution is 7.98. The number of hydrogen-bond acceptors (Lipinski definition) is 3. The van der Waals surface area contributed by atoms with Crippen LogP contribution in [0, 0.1) is 0 Å².